The van der Waals surface area contributed by atoms with Crippen molar-refractivity contribution in [2.45, 2.75) is 30.6 Å². The Labute approximate surface area is 115 Å². The van der Waals surface area contributed by atoms with E-state index in [2.05, 4.69) is 15.9 Å². The molecule has 0 N–H and O–H groups in total. The Kier molecular flexibility index (Phi) is 4.07. The molecular formula is C12H14BrNO3S. The highest BCUT2D eigenvalue weighted by Gasteiger charge is 2.29. The topological polar surface area (TPSA) is 54.5 Å². The number of benzene rings is 1. The summed E-state index contributed by atoms with van der Waals surface area (Å²) in [6.07, 6.45) is 2.72. The van der Waals surface area contributed by atoms with Gasteiger partial charge in [-0.3, -0.25) is 4.79 Å². The Balaban J connectivity index is 2.34. The smallest absolute Gasteiger partial charge is 0.266 e. The van der Waals surface area contributed by atoms with Gasteiger partial charge < -0.3 is 0 Å². The third-order valence-corrected chi connectivity index (χ3v) is 5.29. The van der Waals surface area contributed by atoms with E-state index in [-0.39, 0.29) is 17.3 Å². The average molecular weight is 332 g/mol. The number of carbonyl (C=O) groups is 1. The van der Waals surface area contributed by atoms with Crippen molar-refractivity contribution in [1.29, 1.82) is 0 Å². The molecule has 1 amide bonds. The van der Waals surface area contributed by atoms with Crippen LogP contribution in [0.1, 0.15) is 25.7 Å². The minimum absolute atomic E-state index is 0.168. The number of carbonyl (C=O) groups excluding carboxylic acids is 1. The predicted octanol–water partition coefficient (Wildman–Crippen LogP) is 2.54. The van der Waals surface area contributed by atoms with Crippen LogP contribution in [0.5, 0.6) is 0 Å². The van der Waals surface area contributed by atoms with Crippen molar-refractivity contribution in [2.75, 3.05) is 6.54 Å². The first-order chi connectivity index (χ1) is 8.51. The van der Waals surface area contributed by atoms with E-state index < -0.39 is 10.0 Å². The lowest BCUT2D eigenvalue weighted by atomic mass is 10.2. The van der Waals surface area contributed by atoms with E-state index in [1.165, 1.54) is 12.1 Å². The van der Waals surface area contributed by atoms with E-state index in [9.17, 15) is 13.2 Å². The number of nitrogens with zero attached hydrogens (tertiary/aromatic N) is 1. The molecule has 0 aromatic heterocycles. The SMILES string of the molecule is O=C1CCCCCN1S(=O)(=O)c1ccc(Br)cc1. The first kappa shape index (κ1) is 13.5. The molecule has 0 aliphatic carbocycles. The zero-order chi connectivity index (χ0) is 13.2. The maximum Gasteiger partial charge on any atom is 0.266 e. The van der Waals surface area contributed by atoms with Gasteiger partial charge in [0.1, 0.15) is 0 Å². The predicted molar refractivity (Wildman–Crippen MR) is 71.5 cm³/mol. The third kappa shape index (κ3) is 2.75. The van der Waals surface area contributed by atoms with Gasteiger partial charge in [-0.25, -0.2) is 12.7 Å². The van der Waals surface area contributed by atoms with E-state index in [1.807, 2.05) is 0 Å². The molecule has 4 nitrogen and oxygen atoms in total. The number of rotatable bonds is 2. The van der Waals surface area contributed by atoms with Crippen molar-refractivity contribution < 1.29 is 13.2 Å². The van der Waals surface area contributed by atoms with E-state index in [0.29, 0.717) is 6.42 Å². The molecule has 2 rings (SSSR count). The summed E-state index contributed by atoms with van der Waals surface area (Å²) in [7, 11) is -3.69. The molecule has 18 heavy (non-hydrogen) atoms. The van der Waals surface area contributed by atoms with Crippen LogP contribution in [-0.4, -0.2) is 25.2 Å². The molecule has 0 bridgehead atoms. The highest BCUT2D eigenvalue weighted by Crippen LogP contribution is 2.22. The zero-order valence-electron chi connectivity index (χ0n) is 9.80. The van der Waals surface area contributed by atoms with Gasteiger partial charge in [-0.2, -0.15) is 0 Å². The van der Waals surface area contributed by atoms with E-state index in [4.69, 9.17) is 0 Å². The van der Waals surface area contributed by atoms with Crippen LogP contribution in [0.15, 0.2) is 33.6 Å². The van der Waals surface area contributed by atoms with Crippen molar-refractivity contribution in [3.63, 3.8) is 0 Å². The standard InChI is InChI=1S/C12H14BrNO3S/c13-10-5-7-11(8-6-10)18(16,17)14-9-3-1-2-4-12(14)15/h5-8H,1-4,9H2. The largest absolute Gasteiger partial charge is 0.274 e. The van der Waals surface area contributed by atoms with Gasteiger partial charge in [0.2, 0.25) is 5.91 Å². The fourth-order valence-corrected chi connectivity index (χ4v) is 3.67. The fourth-order valence-electron chi connectivity index (χ4n) is 1.95. The Morgan fingerprint density at radius 1 is 1.06 bits per heavy atom. The number of sulfonamides is 1. The summed E-state index contributed by atoms with van der Waals surface area (Å²) in [5, 5.41) is 0. The summed E-state index contributed by atoms with van der Waals surface area (Å²) in [6.45, 7) is 0.289. The maximum absolute atomic E-state index is 12.4. The van der Waals surface area contributed by atoms with E-state index >= 15 is 0 Å². The summed E-state index contributed by atoms with van der Waals surface area (Å²) in [6, 6.07) is 6.35. The lowest BCUT2D eigenvalue weighted by Gasteiger charge is -2.20. The van der Waals surface area contributed by atoms with Crippen LogP contribution < -0.4 is 0 Å². The lowest BCUT2D eigenvalue weighted by molar-refractivity contribution is -0.126. The molecule has 1 aromatic carbocycles. The van der Waals surface area contributed by atoms with Crippen LogP contribution in [0.3, 0.4) is 0 Å². The lowest BCUT2D eigenvalue weighted by Crippen LogP contribution is -2.36. The first-order valence-electron chi connectivity index (χ1n) is 5.83. The molecule has 0 unspecified atom stereocenters. The molecule has 1 aliphatic heterocycles. The second-order valence-corrected chi connectivity index (χ2v) is 7.01. The molecule has 0 atom stereocenters. The zero-order valence-corrected chi connectivity index (χ0v) is 12.2. The fraction of sp³-hybridized carbons (Fsp3) is 0.417. The van der Waals surface area contributed by atoms with Gasteiger partial charge in [0.25, 0.3) is 10.0 Å². The molecule has 98 valence electrons. The van der Waals surface area contributed by atoms with E-state index in [0.717, 1.165) is 28.0 Å². The Morgan fingerprint density at radius 3 is 2.39 bits per heavy atom. The Morgan fingerprint density at radius 2 is 1.72 bits per heavy atom. The number of hydrogen-bond donors (Lipinski definition) is 0. The van der Waals surface area contributed by atoms with Crippen LogP contribution in [-0.2, 0) is 14.8 Å². The second-order valence-electron chi connectivity index (χ2n) is 4.24. The van der Waals surface area contributed by atoms with Gasteiger partial charge in [-0.1, -0.05) is 22.4 Å². The van der Waals surface area contributed by atoms with Crippen molar-refractivity contribution in [3.05, 3.63) is 28.7 Å². The summed E-state index contributed by atoms with van der Waals surface area (Å²) in [5.41, 5.74) is 0. The molecule has 1 aliphatic rings. The average Bonchev–Trinajstić information content (AvgIpc) is 2.55. The minimum Gasteiger partial charge on any atom is -0.274 e. The third-order valence-electron chi connectivity index (χ3n) is 2.93. The minimum atomic E-state index is -3.69. The van der Waals surface area contributed by atoms with Gasteiger partial charge >= 0.3 is 0 Å². The molecule has 1 saturated heterocycles. The number of halogens is 1. The molecule has 0 saturated carbocycles. The first-order valence-corrected chi connectivity index (χ1v) is 8.06. The van der Waals surface area contributed by atoms with Gasteiger partial charge in [-0.15, -0.1) is 0 Å². The Hall–Kier alpha value is -0.880. The Bertz CT molecular complexity index is 539. The summed E-state index contributed by atoms with van der Waals surface area (Å²) >= 11 is 3.26. The van der Waals surface area contributed by atoms with Crippen molar-refractivity contribution >= 4 is 31.9 Å². The van der Waals surface area contributed by atoms with Gasteiger partial charge in [0, 0.05) is 17.4 Å². The van der Waals surface area contributed by atoms with Gasteiger partial charge in [0.15, 0.2) is 0 Å². The summed E-state index contributed by atoms with van der Waals surface area (Å²) in [5.74, 6) is -0.296. The molecule has 1 heterocycles. The highest BCUT2D eigenvalue weighted by atomic mass is 79.9. The molecule has 6 heteroatoms. The van der Waals surface area contributed by atoms with Crippen LogP contribution in [0.2, 0.25) is 0 Å². The normalized spacial score (nSPS) is 17.6. The summed E-state index contributed by atoms with van der Waals surface area (Å²) < 4.78 is 26.5. The van der Waals surface area contributed by atoms with Crippen LogP contribution in [0.4, 0.5) is 0 Å². The van der Waals surface area contributed by atoms with Gasteiger partial charge in [-0.05, 0) is 37.1 Å². The molecular weight excluding hydrogens is 318 g/mol. The summed E-state index contributed by atoms with van der Waals surface area (Å²) in [4.78, 5) is 12.0. The number of hydrogen-bond acceptors (Lipinski definition) is 3. The van der Waals surface area contributed by atoms with Crippen molar-refractivity contribution in [3.8, 4) is 0 Å². The molecule has 0 radical (unpaired) electrons. The van der Waals surface area contributed by atoms with Gasteiger partial charge in [0.05, 0.1) is 4.90 Å². The monoisotopic (exact) mass is 331 g/mol. The molecule has 1 fully saturated rings. The van der Waals surface area contributed by atoms with Crippen molar-refractivity contribution in [2.24, 2.45) is 0 Å². The quantitative estimate of drug-likeness (QED) is 0.836. The molecule has 1 aromatic rings. The van der Waals surface area contributed by atoms with Crippen LogP contribution >= 0.6 is 15.9 Å². The second kappa shape index (κ2) is 5.40. The van der Waals surface area contributed by atoms with Crippen LogP contribution in [0, 0.1) is 0 Å². The van der Waals surface area contributed by atoms with Crippen molar-refractivity contribution in [1.82, 2.24) is 4.31 Å². The molecule has 0 spiro atoms. The number of amides is 1. The van der Waals surface area contributed by atoms with Crippen LogP contribution in [0.25, 0.3) is 0 Å². The maximum atomic E-state index is 12.4. The van der Waals surface area contributed by atoms with E-state index in [1.54, 1.807) is 12.1 Å². The highest BCUT2D eigenvalue weighted by molar-refractivity contribution is 9.10.